The molecule has 0 bridgehead atoms. The topological polar surface area (TPSA) is 42.0 Å². The summed E-state index contributed by atoms with van der Waals surface area (Å²) >= 11 is 1.49. The summed E-state index contributed by atoms with van der Waals surface area (Å²) < 4.78 is 0. The number of anilines is 1. The zero-order valence-corrected chi connectivity index (χ0v) is 14.5. The molecule has 0 aliphatic carbocycles. The van der Waals surface area contributed by atoms with Gasteiger partial charge in [-0.05, 0) is 36.5 Å². The van der Waals surface area contributed by atoms with E-state index in [1.165, 1.54) is 23.0 Å². The van der Waals surface area contributed by atoms with E-state index >= 15 is 0 Å². The van der Waals surface area contributed by atoms with E-state index in [1.54, 1.807) is 0 Å². The number of carbonyl (C=O) groups is 1. The molecule has 0 atom stereocenters. The Labute approximate surface area is 136 Å². The van der Waals surface area contributed by atoms with Crippen molar-refractivity contribution in [2.24, 2.45) is 0 Å². The lowest BCUT2D eigenvalue weighted by molar-refractivity contribution is -0.111. The third-order valence-electron chi connectivity index (χ3n) is 3.46. The minimum absolute atomic E-state index is 0.139. The van der Waals surface area contributed by atoms with Crippen molar-refractivity contribution in [2.75, 3.05) is 5.32 Å². The van der Waals surface area contributed by atoms with Crippen molar-refractivity contribution in [3.8, 4) is 0 Å². The van der Waals surface area contributed by atoms with Gasteiger partial charge in [0.1, 0.15) is 0 Å². The molecule has 2 aromatic rings. The number of amides is 1. The average Bonchev–Trinajstić information content (AvgIpc) is 2.74. The van der Waals surface area contributed by atoms with Gasteiger partial charge in [0.05, 0.1) is 5.69 Å². The van der Waals surface area contributed by atoms with Crippen molar-refractivity contribution in [1.29, 1.82) is 0 Å². The molecular weight excluding hydrogens is 292 g/mol. The van der Waals surface area contributed by atoms with Crippen LogP contribution < -0.4 is 5.32 Å². The molecule has 0 unspecified atom stereocenters. The maximum absolute atomic E-state index is 11.9. The van der Waals surface area contributed by atoms with Crippen LogP contribution in [0.1, 0.15) is 42.5 Å². The highest BCUT2D eigenvalue weighted by molar-refractivity contribution is 7.15. The third kappa shape index (κ3) is 4.28. The fourth-order valence-electron chi connectivity index (χ4n) is 1.94. The van der Waals surface area contributed by atoms with E-state index < -0.39 is 0 Å². The molecule has 1 aromatic heterocycles. The Bertz CT molecular complexity index is 671. The van der Waals surface area contributed by atoms with E-state index in [0.29, 0.717) is 5.13 Å². The number of aromatic nitrogens is 1. The molecule has 0 saturated carbocycles. The number of benzene rings is 1. The van der Waals surface area contributed by atoms with Crippen molar-refractivity contribution >= 4 is 28.5 Å². The van der Waals surface area contributed by atoms with Gasteiger partial charge in [-0.2, -0.15) is 0 Å². The summed E-state index contributed by atoms with van der Waals surface area (Å²) in [4.78, 5) is 17.3. The van der Waals surface area contributed by atoms with E-state index in [1.807, 2.05) is 32.1 Å². The lowest BCUT2D eigenvalue weighted by Crippen LogP contribution is -2.10. The Morgan fingerprint density at radius 1 is 1.18 bits per heavy atom. The Morgan fingerprint density at radius 2 is 1.82 bits per heavy atom. The van der Waals surface area contributed by atoms with E-state index in [0.717, 1.165) is 16.1 Å². The second-order valence-corrected chi connectivity index (χ2v) is 7.56. The minimum Gasteiger partial charge on any atom is -0.298 e. The summed E-state index contributed by atoms with van der Waals surface area (Å²) in [7, 11) is 0. The first-order chi connectivity index (χ1) is 10.3. The van der Waals surface area contributed by atoms with E-state index in [9.17, 15) is 4.79 Å². The maximum atomic E-state index is 11.9. The zero-order chi connectivity index (χ0) is 16.3. The SMILES string of the molecule is Cc1nc(NC(=O)C=Cc2ccc(C(C)(C)C)cc2)sc1C. The summed E-state index contributed by atoms with van der Waals surface area (Å²) in [5.74, 6) is -0.159. The molecule has 1 amide bonds. The summed E-state index contributed by atoms with van der Waals surface area (Å²) in [6.07, 6.45) is 3.35. The van der Waals surface area contributed by atoms with Gasteiger partial charge >= 0.3 is 0 Å². The standard InChI is InChI=1S/C18H22N2OS/c1-12-13(2)22-17(19-12)20-16(21)11-8-14-6-9-15(10-7-14)18(3,4)5/h6-11H,1-5H3,(H,19,20,21). The predicted octanol–water partition coefficient (Wildman–Crippen LogP) is 4.71. The molecule has 3 nitrogen and oxygen atoms in total. The first kappa shape index (κ1) is 16.4. The normalized spacial score (nSPS) is 11.9. The van der Waals surface area contributed by atoms with Crippen LogP contribution >= 0.6 is 11.3 Å². The van der Waals surface area contributed by atoms with Gasteiger partial charge in [0.2, 0.25) is 5.91 Å². The molecule has 1 N–H and O–H groups in total. The van der Waals surface area contributed by atoms with Crippen molar-refractivity contribution in [3.05, 3.63) is 52.0 Å². The number of nitrogens with one attached hydrogen (secondary N) is 1. The van der Waals surface area contributed by atoms with Crippen LogP contribution in [0.4, 0.5) is 5.13 Å². The molecule has 0 saturated heterocycles. The van der Waals surface area contributed by atoms with Crippen LogP contribution in [-0.4, -0.2) is 10.9 Å². The largest absolute Gasteiger partial charge is 0.298 e. The highest BCUT2D eigenvalue weighted by Crippen LogP contribution is 2.23. The second kappa shape index (κ2) is 6.44. The lowest BCUT2D eigenvalue weighted by Gasteiger charge is -2.18. The molecule has 0 radical (unpaired) electrons. The molecule has 0 aliphatic heterocycles. The van der Waals surface area contributed by atoms with Gasteiger partial charge in [-0.25, -0.2) is 4.98 Å². The molecule has 0 spiro atoms. The number of aryl methyl sites for hydroxylation is 2. The van der Waals surface area contributed by atoms with Crippen molar-refractivity contribution in [3.63, 3.8) is 0 Å². The van der Waals surface area contributed by atoms with Gasteiger partial charge in [-0.15, -0.1) is 11.3 Å². The average molecular weight is 314 g/mol. The van der Waals surface area contributed by atoms with Crippen LogP contribution in [-0.2, 0) is 10.2 Å². The number of thiazole rings is 1. The zero-order valence-electron chi connectivity index (χ0n) is 13.7. The van der Waals surface area contributed by atoms with Crippen LogP contribution in [0.2, 0.25) is 0 Å². The first-order valence-electron chi connectivity index (χ1n) is 7.29. The fraction of sp³-hybridized carbons (Fsp3) is 0.333. The Hall–Kier alpha value is -1.94. The third-order valence-corrected chi connectivity index (χ3v) is 4.45. The van der Waals surface area contributed by atoms with Crippen molar-refractivity contribution in [2.45, 2.75) is 40.0 Å². The number of hydrogen-bond donors (Lipinski definition) is 1. The molecule has 0 aliphatic rings. The van der Waals surface area contributed by atoms with Gasteiger partial charge in [-0.1, -0.05) is 45.0 Å². The molecule has 1 heterocycles. The van der Waals surface area contributed by atoms with E-state index in [-0.39, 0.29) is 11.3 Å². The Balaban J connectivity index is 2.00. The summed E-state index contributed by atoms with van der Waals surface area (Å²) in [6, 6.07) is 8.26. The minimum atomic E-state index is -0.159. The molecule has 1 aromatic carbocycles. The molecule has 0 fully saturated rings. The van der Waals surface area contributed by atoms with Gasteiger partial charge in [-0.3, -0.25) is 10.1 Å². The highest BCUT2D eigenvalue weighted by Gasteiger charge is 2.12. The lowest BCUT2D eigenvalue weighted by atomic mass is 9.87. The van der Waals surface area contributed by atoms with E-state index in [2.05, 4.69) is 43.2 Å². The van der Waals surface area contributed by atoms with Crippen LogP contribution in [0, 0.1) is 13.8 Å². The molecular formula is C18H22N2OS. The van der Waals surface area contributed by atoms with Crippen molar-refractivity contribution in [1.82, 2.24) is 4.98 Å². The fourth-order valence-corrected chi connectivity index (χ4v) is 2.76. The van der Waals surface area contributed by atoms with Crippen LogP contribution in [0.3, 0.4) is 0 Å². The van der Waals surface area contributed by atoms with Crippen LogP contribution in [0.15, 0.2) is 30.3 Å². The summed E-state index contributed by atoms with van der Waals surface area (Å²) in [6.45, 7) is 10.5. The molecule has 116 valence electrons. The number of rotatable bonds is 3. The van der Waals surface area contributed by atoms with Crippen LogP contribution in [0.25, 0.3) is 6.08 Å². The number of carbonyl (C=O) groups excluding carboxylic acids is 1. The Kier molecular flexibility index (Phi) is 4.81. The number of hydrogen-bond acceptors (Lipinski definition) is 3. The molecule has 4 heteroatoms. The number of nitrogens with zero attached hydrogens (tertiary/aromatic N) is 1. The quantitative estimate of drug-likeness (QED) is 0.834. The van der Waals surface area contributed by atoms with E-state index in [4.69, 9.17) is 0 Å². The van der Waals surface area contributed by atoms with Gasteiger partial charge in [0.25, 0.3) is 0 Å². The molecule has 22 heavy (non-hydrogen) atoms. The van der Waals surface area contributed by atoms with Crippen molar-refractivity contribution < 1.29 is 4.79 Å². The summed E-state index contributed by atoms with van der Waals surface area (Å²) in [5, 5.41) is 3.44. The van der Waals surface area contributed by atoms with Gasteiger partial charge in [0, 0.05) is 11.0 Å². The summed E-state index contributed by atoms with van der Waals surface area (Å²) in [5.41, 5.74) is 3.39. The smallest absolute Gasteiger partial charge is 0.250 e. The first-order valence-corrected chi connectivity index (χ1v) is 8.11. The Morgan fingerprint density at radius 3 is 2.32 bits per heavy atom. The van der Waals surface area contributed by atoms with Gasteiger partial charge < -0.3 is 0 Å². The van der Waals surface area contributed by atoms with Gasteiger partial charge in [0.15, 0.2) is 5.13 Å². The predicted molar refractivity (Wildman–Crippen MR) is 94.4 cm³/mol. The maximum Gasteiger partial charge on any atom is 0.250 e. The highest BCUT2D eigenvalue weighted by atomic mass is 32.1. The van der Waals surface area contributed by atoms with Crippen LogP contribution in [0.5, 0.6) is 0 Å². The monoisotopic (exact) mass is 314 g/mol. The second-order valence-electron chi connectivity index (χ2n) is 6.36. The molecule has 2 rings (SSSR count).